The summed E-state index contributed by atoms with van der Waals surface area (Å²) >= 11 is 1.12. The van der Waals surface area contributed by atoms with E-state index in [1.165, 1.54) is 17.3 Å². The molecule has 0 unspecified atom stereocenters. The maximum atomic E-state index is 12.9. The molecular formula is C19H22N2O4S2. The number of nitrogens with zero attached hydrogens (tertiary/aromatic N) is 1. The number of nitrogens with one attached hydrogen (secondary N) is 1. The van der Waals surface area contributed by atoms with Crippen LogP contribution in [0.4, 0.5) is 5.69 Å². The van der Waals surface area contributed by atoms with Crippen LogP contribution in [-0.4, -0.2) is 37.5 Å². The second-order valence-corrected chi connectivity index (χ2v) is 9.54. The van der Waals surface area contributed by atoms with Crippen molar-refractivity contribution in [2.75, 3.05) is 18.4 Å². The molecule has 1 aromatic carbocycles. The highest BCUT2D eigenvalue weighted by molar-refractivity contribution is 7.89. The predicted octanol–water partition coefficient (Wildman–Crippen LogP) is 3.77. The monoisotopic (exact) mass is 406 g/mol. The Bertz CT molecular complexity index is 942. The van der Waals surface area contributed by atoms with Gasteiger partial charge in [0.2, 0.25) is 10.0 Å². The molecule has 1 saturated heterocycles. The summed E-state index contributed by atoms with van der Waals surface area (Å²) in [6.07, 6.45) is 3.83. The van der Waals surface area contributed by atoms with Crippen LogP contribution in [-0.2, 0) is 10.0 Å². The second-order valence-electron chi connectivity index (χ2n) is 6.52. The van der Waals surface area contributed by atoms with E-state index < -0.39 is 10.0 Å². The Hall–Kier alpha value is -2.03. The van der Waals surface area contributed by atoms with Crippen LogP contribution in [0.5, 0.6) is 0 Å². The van der Waals surface area contributed by atoms with E-state index in [1.54, 1.807) is 30.3 Å². The summed E-state index contributed by atoms with van der Waals surface area (Å²) in [5.41, 5.74) is 0.411. The summed E-state index contributed by atoms with van der Waals surface area (Å²) in [5, 5.41) is 2.72. The molecule has 3 rings (SSSR count). The van der Waals surface area contributed by atoms with Gasteiger partial charge in [-0.05, 0) is 50.1 Å². The highest BCUT2D eigenvalue weighted by Crippen LogP contribution is 2.24. The number of hydrogen-bond acceptors (Lipinski definition) is 5. The Balaban J connectivity index is 1.78. The first kappa shape index (κ1) is 19.7. The molecule has 2 aromatic rings. The van der Waals surface area contributed by atoms with E-state index in [9.17, 15) is 18.0 Å². The lowest BCUT2D eigenvalue weighted by Gasteiger charge is -2.20. The first-order valence-corrected chi connectivity index (χ1v) is 11.2. The van der Waals surface area contributed by atoms with E-state index in [-0.39, 0.29) is 16.6 Å². The maximum Gasteiger partial charge on any atom is 0.265 e. The van der Waals surface area contributed by atoms with Crippen LogP contribution >= 0.6 is 11.3 Å². The van der Waals surface area contributed by atoms with Crippen LogP contribution in [0.1, 0.15) is 52.0 Å². The standard InChI is InChI=1S/C19H22N2O4S2/c1-14(22)17-9-10-18(26-17)19(23)20-15-7-6-8-16(13-15)27(24,25)21-11-4-2-3-5-12-21/h6-10,13H,2-5,11-12H2,1H3,(H,20,23). The number of hydrogen-bond donors (Lipinski definition) is 1. The number of thiophene rings is 1. The van der Waals surface area contributed by atoms with Crippen LogP contribution < -0.4 is 5.32 Å². The lowest BCUT2D eigenvalue weighted by Crippen LogP contribution is -2.32. The summed E-state index contributed by atoms with van der Waals surface area (Å²) in [4.78, 5) is 24.9. The van der Waals surface area contributed by atoms with Crippen molar-refractivity contribution >= 4 is 38.7 Å². The average molecular weight is 407 g/mol. The molecule has 144 valence electrons. The number of sulfonamides is 1. The molecule has 0 saturated carbocycles. The van der Waals surface area contributed by atoms with Gasteiger partial charge in [-0.25, -0.2) is 8.42 Å². The third-order valence-electron chi connectivity index (χ3n) is 4.47. The Kier molecular flexibility index (Phi) is 6.08. The van der Waals surface area contributed by atoms with Gasteiger partial charge in [0.1, 0.15) is 0 Å². The van der Waals surface area contributed by atoms with Gasteiger partial charge in [0.15, 0.2) is 5.78 Å². The minimum absolute atomic E-state index is 0.0930. The molecule has 1 aliphatic heterocycles. The normalized spacial score (nSPS) is 15.9. The van der Waals surface area contributed by atoms with E-state index in [2.05, 4.69) is 5.32 Å². The number of amides is 1. The first-order chi connectivity index (χ1) is 12.9. The van der Waals surface area contributed by atoms with Crippen LogP contribution in [0.15, 0.2) is 41.3 Å². The SMILES string of the molecule is CC(=O)c1ccc(C(=O)Nc2cccc(S(=O)(=O)N3CCCCCC3)c2)s1. The summed E-state index contributed by atoms with van der Waals surface area (Å²) in [7, 11) is -3.58. The third kappa shape index (κ3) is 4.63. The number of carbonyl (C=O) groups excluding carboxylic acids is 2. The number of Topliss-reactive ketones (excluding diaryl/α,β-unsaturated/α-hetero) is 1. The molecule has 0 spiro atoms. The Morgan fingerprint density at radius 2 is 1.67 bits per heavy atom. The average Bonchev–Trinajstić information content (AvgIpc) is 2.98. The van der Waals surface area contributed by atoms with Gasteiger partial charge < -0.3 is 5.32 Å². The molecule has 1 fully saturated rings. The van der Waals surface area contributed by atoms with Gasteiger partial charge >= 0.3 is 0 Å². The molecule has 1 N–H and O–H groups in total. The topological polar surface area (TPSA) is 83.5 Å². The number of carbonyl (C=O) groups is 2. The molecule has 6 nitrogen and oxygen atoms in total. The van der Waals surface area contributed by atoms with E-state index in [4.69, 9.17) is 0 Å². The lowest BCUT2D eigenvalue weighted by molar-refractivity contribution is 0.101. The highest BCUT2D eigenvalue weighted by Gasteiger charge is 2.25. The molecule has 27 heavy (non-hydrogen) atoms. The van der Waals surface area contributed by atoms with Crippen LogP contribution in [0.25, 0.3) is 0 Å². The minimum Gasteiger partial charge on any atom is -0.321 e. The van der Waals surface area contributed by atoms with E-state index in [0.717, 1.165) is 37.0 Å². The van der Waals surface area contributed by atoms with E-state index in [1.807, 2.05) is 0 Å². The minimum atomic E-state index is -3.58. The summed E-state index contributed by atoms with van der Waals surface area (Å²) in [6, 6.07) is 9.51. The fourth-order valence-corrected chi connectivity index (χ4v) is 5.37. The quantitative estimate of drug-likeness (QED) is 0.766. The fraction of sp³-hybridized carbons (Fsp3) is 0.368. The van der Waals surface area contributed by atoms with Crippen molar-refractivity contribution in [2.45, 2.75) is 37.5 Å². The van der Waals surface area contributed by atoms with Gasteiger partial charge in [-0.3, -0.25) is 9.59 Å². The lowest BCUT2D eigenvalue weighted by atomic mass is 10.2. The number of rotatable bonds is 5. The van der Waals surface area contributed by atoms with Crippen molar-refractivity contribution < 1.29 is 18.0 Å². The van der Waals surface area contributed by atoms with Gasteiger partial charge in [0, 0.05) is 18.8 Å². The zero-order chi connectivity index (χ0) is 19.4. The van der Waals surface area contributed by atoms with Crippen LogP contribution in [0.2, 0.25) is 0 Å². The predicted molar refractivity (Wildman–Crippen MR) is 106 cm³/mol. The largest absolute Gasteiger partial charge is 0.321 e. The maximum absolute atomic E-state index is 12.9. The zero-order valence-corrected chi connectivity index (χ0v) is 16.7. The molecule has 2 heterocycles. The molecule has 0 bridgehead atoms. The first-order valence-electron chi connectivity index (χ1n) is 8.90. The molecule has 1 aliphatic rings. The van der Waals surface area contributed by atoms with Gasteiger partial charge in [-0.1, -0.05) is 18.9 Å². The van der Waals surface area contributed by atoms with Gasteiger partial charge in [0.05, 0.1) is 14.6 Å². The molecule has 0 aliphatic carbocycles. The second kappa shape index (κ2) is 8.33. The van der Waals surface area contributed by atoms with Gasteiger partial charge in [0.25, 0.3) is 5.91 Å². The molecule has 1 amide bonds. The summed E-state index contributed by atoms with van der Waals surface area (Å²) < 4.78 is 27.3. The van der Waals surface area contributed by atoms with E-state index >= 15 is 0 Å². The third-order valence-corrected chi connectivity index (χ3v) is 7.55. The highest BCUT2D eigenvalue weighted by atomic mass is 32.2. The van der Waals surface area contributed by atoms with Crippen molar-refractivity contribution in [3.8, 4) is 0 Å². The van der Waals surface area contributed by atoms with Gasteiger partial charge in [-0.15, -0.1) is 11.3 Å². The molecule has 1 aromatic heterocycles. The van der Waals surface area contributed by atoms with Crippen molar-refractivity contribution in [3.63, 3.8) is 0 Å². The van der Waals surface area contributed by atoms with Crippen LogP contribution in [0.3, 0.4) is 0 Å². The zero-order valence-electron chi connectivity index (χ0n) is 15.1. The van der Waals surface area contributed by atoms with Crippen molar-refractivity contribution in [2.24, 2.45) is 0 Å². The Morgan fingerprint density at radius 3 is 2.30 bits per heavy atom. The summed E-state index contributed by atoms with van der Waals surface area (Å²) in [6.45, 7) is 2.51. The number of ketones is 1. The van der Waals surface area contributed by atoms with Crippen molar-refractivity contribution in [3.05, 3.63) is 46.2 Å². The fourth-order valence-electron chi connectivity index (χ4n) is 3.01. The summed E-state index contributed by atoms with van der Waals surface area (Å²) in [5.74, 6) is -0.457. The van der Waals surface area contributed by atoms with Crippen molar-refractivity contribution in [1.82, 2.24) is 4.31 Å². The molecule has 8 heteroatoms. The molecule has 0 atom stereocenters. The van der Waals surface area contributed by atoms with Gasteiger partial charge in [-0.2, -0.15) is 4.31 Å². The van der Waals surface area contributed by atoms with E-state index in [0.29, 0.717) is 28.5 Å². The number of anilines is 1. The molecular weight excluding hydrogens is 384 g/mol. The van der Waals surface area contributed by atoms with Crippen LogP contribution in [0, 0.1) is 0 Å². The molecule has 0 radical (unpaired) electrons. The smallest absolute Gasteiger partial charge is 0.265 e. The Labute approximate surface area is 163 Å². The number of benzene rings is 1. The van der Waals surface area contributed by atoms with Crippen molar-refractivity contribution in [1.29, 1.82) is 0 Å². The Morgan fingerprint density at radius 1 is 1.00 bits per heavy atom.